The first-order chi connectivity index (χ1) is 13.5. The van der Waals surface area contributed by atoms with Crippen molar-refractivity contribution in [1.29, 1.82) is 0 Å². The molecule has 0 aliphatic carbocycles. The second-order valence-electron chi connectivity index (χ2n) is 8.83. The lowest BCUT2D eigenvalue weighted by atomic mass is 10.0. The van der Waals surface area contributed by atoms with Crippen molar-refractivity contribution in [2.45, 2.75) is 130 Å². The van der Waals surface area contributed by atoms with Crippen molar-refractivity contribution >= 4 is 11.8 Å². The fraction of sp³-hybridized carbons (Fsp3) is 0.917. The Labute approximate surface area is 174 Å². The van der Waals surface area contributed by atoms with Gasteiger partial charge in [0.2, 0.25) is 11.8 Å². The summed E-state index contributed by atoms with van der Waals surface area (Å²) in [6.07, 6.45) is 15.8. The molecule has 1 heterocycles. The number of carbonyl (C=O) groups is 2. The number of hydrogen-bond acceptors (Lipinski definition) is 2. The summed E-state index contributed by atoms with van der Waals surface area (Å²) in [6.45, 7) is 10.0. The van der Waals surface area contributed by atoms with E-state index < -0.39 is 0 Å². The van der Waals surface area contributed by atoms with E-state index in [4.69, 9.17) is 0 Å². The third-order valence-corrected chi connectivity index (χ3v) is 6.12. The second-order valence-corrected chi connectivity index (χ2v) is 8.83. The van der Waals surface area contributed by atoms with Crippen LogP contribution in [0.25, 0.3) is 0 Å². The molecule has 0 N–H and O–H groups in total. The van der Waals surface area contributed by atoms with Gasteiger partial charge in [-0.3, -0.25) is 9.59 Å². The standard InChI is InChI=1S/C24H46N2O2/c1-5-7-9-11-13-15-17-23(27)25-19-22(4)26(20-21(25)3)24(28)18-16-14-12-10-8-6-2/h21-22H,5-20H2,1-4H3. The van der Waals surface area contributed by atoms with Gasteiger partial charge in [-0.1, -0.05) is 78.1 Å². The van der Waals surface area contributed by atoms with Crippen molar-refractivity contribution in [1.82, 2.24) is 9.80 Å². The van der Waals surface area contributed by atoms with Gasteiger partial charge in [0.15, 0.2) is 0 Å². The Balaban J connectivity index is 2.30. The van der Waals surface area contributed by atoms with E-state index in [0.717, 1.165) is 25.7 Å². The zero-order chi connectivity index (χ0) is 20.8. The normalized spacial score (nSPS) is 19.9. The largest absolute Gasteiger partial charge is 0.336 e. The molecule has 1 aliphatic heterocycles. The van der Waals surface area contributed by atoms with E-state index in [0.29, 0.717) is 25.9 Å². The summed E-state index contributed by atoms with van der Waals surface area (Å²) in [5, 5.41) is 0. The number of carbonyl (C=O) groups excluding carboxylic acids is 2. The molecule has 0 aromatic rings. The first kappa shape index (κ1) is 25.0. The summed E-state index contributed by atoms with van der Waals surface area (Å²) in [4.78, 5) is 29.3. The van der Waals surface area contributed by atoms with E-state index in [1.54, 1.807) is 0 Å². The fourth-order valence-corrected chi connectivity index (χ4v) is 4.22. The summed E-state index contributed by atoms with van der Waals surface area (Å²) in [7, 11) is 0. The van der Waals surface area contributed by atoms with Gasteiger partial charge in [-0.05, 0) is 26.7 Å². The zero-order valence-electron chi connectivity index (χ0n) is 19.2. The van der Waals surface area contributed by atoms with Gasteiger partial charge in [-0.2, -0.15) is 0 Å². The number of nitrogens with zero attached hydrogens (tertiary/aromatic N) is 2. The fourth-order valence-electron chi connectivity index (χ4n) is 4.22. The van der Waals surface area contributed by atoms with E-state index in [-0.39, 0.29) is 23.9 Å². The number of hydrogen-bond donors (Lipinski definition) is 0. The molecule has 1 saturated heterocycles. The number of unbranched alkanes of at least 4 members (excludes halogenated alkanes) is 10. The molecule has 28 heavy (non-hydrogen) atoms. The third kappa shape index (κ3) is 9.43. The van der Waals surface area contributed by atoms with Gasteiger partial charge < -0.3 is 9.80 Å². The van der Waals surface area contributed by atoms with Gasteiger partial charge in [0.1, 0.15) is 0 Å². The summed E-state index contributed by atoms with van der Waals surface area (Å²) in [5.41, 5.74) is 0. The Kier molecular flexibility index (Phi) is 13.3. The summed E-state index contributed by atoms with van der Waals surface area (Å²) < 4.78 is 0. The van der Waals surface area contributed by atoms with Crippen LogP contribution in [0, 0.1) is 0 Å². The predicted molar refractivity (Wildman–Crippen MR) is 118 cm³/mol. The predicted octanol–water partition coefficient (Wildman–Crippen LogP) is 5.94. The molecule has 2 amide bonds. The third-order valence-electron chi connectivity index (χ3n) is 6.12. The maximum absolute atomic E-state index is 12.6. The van der Waals surface area contributed by atoms with Crippen molar-refractivity contribution in [3.63, 3.8) is 0 Å². The van der Waals surface area contributed by atoms with Crippen LogP contribution in [0.15, 0.2) is 0 Å². The molecule has 0 saturated carbocycles. The molecular weight excluding hydrogens is 348 g/mol. The Morgan fingerprint density at radius 1 is 0.607 bits per heavy atom. The minimum absolute atomic E-state index is 0.136. The minimum atomic E-state index is 0.136. The summed E-state index contributed by atoms with van der Waals surface area (Å²) in [5.74, 6) is 0.552. The molecule has 1 aliphatic rings. The zero-order valence-corrected chi connectivity index (χ0v) is 19.2. The lowest BCUT2D eigenvalue weighted by Gasteiger charge is -2.44. The van der Waals surface area contributed by atoms with Gasteiger partial charge in [0.25, 0.3) is 0 Å². The van der Waals surface area contributed by atoms with Gasteiger partial charge in [0.05, 0.1) is 0 Å². The lowest BCUT2D eigenvalue weighted by Crippen LogP contribution is -2.59. The highest BCUT2D eigenvalue weighted by Gasteiger charge is 2.33. The van der Waals surface area contributed by atoms with Crippen LogP contribution < -0.4 is 0 Å². The van der Waals surface area contributed by atoms with E-state index in [1.165, 1.54) is 51.4 Å². The summed E-state index contributed by atoms with van der Waals surface area (Å²) in [6, 6.07) is 0.273. The number of piperazine rings is 1. The van der Waals surface area contributed by atoms with Gasteiger partial charge in [-0.25, -0.2) is 0 Å². The van der Waals surface area contributed by atoms with Crippen molar-refractivity contribution < 1.29 is 9.59 Å². The molecule has 1 fully saturated rings. The smallest absolute Gasteiger partial charge is 0.222 e. The molecule has 0 radical (unpaired) electrons. The topological polar surface area (TPSA) is 40.6 Å². The Morgan fingerprint density at radius 3 is 1.29 bits per heavy atom. The molecule has 0 aromatic heterocycles. The highest BCUT2D eigenvalue weighted by Crippen LogP contribution is 2.19. The van der Waals surface area contributed by atoms with Gasteiger partial charge >= 0.3 is 0 Å². The molecule has 4 nitrogen and oxygen atoms in total. The second kappa shape index (κ2) is 14.9. The van der Waals surface area contributed by atoms with Crippen LogP contribution in [0.3, 0.4) is 0 Å². The first-order valence-corrected chi connectivity index (χ1v) is 12.1. The molecule has 2 unspecified atom stereocenters. The van der Waals surface area contributed by atoms with E-state index >= 15 is 0 Å². The molecule has 0 spiro atoms. The van der Waals surface area contributed by atoms with Crippen LogP contribution in [-0.2, 0) is 9.59 Å². The minimum Gasteiger partial charge on any atom is -0.336 e. The average Bonchev–Trinajstić information content (AvgIpc) is 2.68. The first-order valence-electron chi connectivity index (χ1n) is 12.1. The van der Waals surface area contributed by atoms with E-state index in [1.807, 2.05) is 9.80 Å². The van der Waals surface area contributed by atoms with Crippen LogP contribution >= 0.6 is 0 Å². The maximum atomic E-state index is 12.6. The Bertz CT molecular complexity index is 398. The van der Waals surface area contributed by atoms with Crippen molar-refractivity contribution in [2.24, 2.45) is 0 Å². The molecule has 1 rings (SSSR count). The maximum Gasteiger partial charge on any atom is 0.222 e. The van der Waals surface area contributed by atoms with Crippen LogP contribution in [-0.4, -0.2) is 46.8 Å². The molecule has 0 aromatic carbocycles. The highest BCUT2D eigenvalue weighted by molar-refractivity contribution is 5.79. The SMILES string of the molecule is CCCCCCCCC(=O)N1CC(C)N(C(=O)CCCCCCCC)CC1C. The Morgan fingerprint density at radius 2 is 0.929 bits per heavy atom. The monoisotopic (exact) mass is 394 g/mol. The van der Waals surface area contributed by atoms with Gasteiger partial charge in [-0.15, -0.1) is 0 Å². The van der Waals surface area contributed by atoms with Gasteiger partial charge in [0, 0.05) is 38.0 Å². The molecular formula is C24H46N2O2. The molecule has 0 bridgehead atoms. The lowest BCUT2D eigenvalue weighted by molar-refractivity contribution is -0.145. The summed E-state index contributed by atoms with van der Waals surface area (Å²) >= 11 is 0. The quantitative estimate of drug-likeness (QED) is 0.342. The number of amides is 2. The van der Waals surface area contributed by atoms with E-state index in [2.05, 4.69) is 27.7 Å². The highest BCUT2D eigenvalue weighted by atomic mass is 16.2. The Hall–Kier alpha value is -1.06. The van der Waals surface area contributed by atoms with E-state index in [9.17, 15) is 9.59 Å². The van der Waals surface area contributed by atoms with Crippen molar-refractivity contribution in [3.05, 3.63) is 0 Å². The van der Waals surface area contributed by atoms with Crippen LogP contribution in [0.4, 0.5) is 0 Å². The van der Waals surface area contributed by atoms with Crippen molar-refractivity contribution in [3.8, 4) is 0 Å². The average molecular weight is 395 g/mol. The molecule has 2 atom stereocenters. The number of rotatable bonds is 14. The van der Waals surface area contributed by atoms with Crippen LogP contribution in [0.5, 0.6) is 0 Å². The van der Waals surface area contributed by atoms with Crippen LogP contribution in [0.1, 0.15) is 118 Å². The molecule has 164 valence electrons. The molecule has 4 heteroatoms. The van der Waals surface area contributed by atoms with Crippen molar-refractivity contribution in [2.75, 3.05) is 13.1 Å². The van der Waals surface area contributed by atoms with Crippen LogP contribution in [0.2, 0.25) is 0 Å².